The fourth-order valence-electron chi connectivity index (χ4n) is 2.19. The predicted molar refractivity (Wildman–Crippen MR) is 75.4 cm³/mol. The minimum absolute atomic E-state index is 0.000734. The molecular formula is C15H15NO6. The average molecular weight is 305 g/mol. The highest BCUT2D eigenvalue weighted by Crippen LogP contribution is 2.20. The standard InChI is InChI=1S/C15H15NO6/c17-13-5-6-14(18)12(13)7-8-21-15(19)22-9-10-1-3-11(16-20)4-2-10/h1-4,12H,5-9H2. The Hall–Kier alpha value is -2.57. The molecule has 0 atom stereocenters. The topological polar surface area (TPSA) is 99.1 Å². The highest BCUT2D eigenvalue weighted by Gasteiger charge is 2.32. The number of rotatable bonds is 6. The van der Waals surface area contributed by atoms with E-state index in [1.807, 2.05) is 0 Å². The molecule has 0 bridgehead atoms. The van der Waals surface area contributed by atoms with E-state index in [9.17, 15) is 19.3 Å². The van der Waals surface area contributed by atoms with Gasteiger partial charge in [-0.15, -0.1) is 4.91 Å². The Bertz CT molecular complexity index is 564. The minimum Gasteiger partial charge on any atom is -0.434 e. The van der Waals surface area contributed by atoms with Crippen LogP contribution < -0.4 is 0 Å². The van der Waals surface area contributed by atoms with Gasteiger partial charge in [-0.2, -0.15) is 0 Å². The van der Waals surface area contributed by atoms with Crippen LogP contribution >= 0.6 is 0 Å². The van der Waals surface area contributed by atoms with Gasteiger partial charge in [0.05, 0.1) is 12.5 Å². The number of ketones is 2. The summed E-state index contributed by atoms with van der Waals surface area (Å²) in [5, 5.41) is 2.76. The third-order valence-corrected chi connectivity index (χ3v) is 3.42. The van der Waals surface area contributed by atoms with Gasteiger partial charge in [0, 0.05) is 12.8 Å². The van der Waals surface area contributed by atoms with Crippen LogP contribution in [0.1, 0.15) is 24.8 Å². The number of benzene rings is 1. The van der Waals surface area contributed by atoms with E-state index in [0.29, 0.717) is 5.56 Å². The summed E-state index contributed by atoms with van der Waals surface area (Å²) in [6, 6.07) is 6.24. The normalized spacial score (nSPS) is 14.9. The van der Waals surface area contributed by atoms with Crippen molar-refractivity contribution < 1.29 is 23.9 Å². The van der Waals surface area contributed by atoms with Crippen LogP contribution in [0.4, 0.5) is 10.5 Å². The lowest BCUT2D eigenvalue weighted by Crippen LogP contribution is -2.18. The van der Waals surface area contributed by atoms with Crippen molar-refractivity contribution in [3.63, 3.8) is 0 Å². The van der Waals surface area contributed by atoms with Crippen molar-refractivity contribution in [1.82, 2.24) is 0 Å². The molecule has 1 saturated carbocycles. The molecule has 1 aromatic rings. The first-order chi connectivity index (χ1) is 10.6. The number of ether oxygens (including phenoxy) is 2. The molecule has 1 aliphatic carbocycles. The van der Waals surface area contributed by atoms with E-state index in [4.69, 9.17) is 9.47 Å². The Morgan fingerprint density at radius 1 is 1.09 bits per heavy atom. The number of hydrogen-bond donors (Lipinski definition) is 0. The molecule has 2 rings (SSSR count). The van der Waals surface area contributed by atoms with E-state index in [2.05, 4.69) is 5.18 Å². The van der Waals surface area contributed by atoms with Crippen LogP contribution in [0.5, 0.6) is 0 Å². The Morgan fingerprint density at radius 2 is 1.73 bits per heavy atom. The highest BCUT2D eigenvalue weighted by molar-refractivity contribution is 6.08. The predicted octanol–water partition coefficient (Wildman–Crippen LogP) is 2.68. The molecular weight excluding hydrogens is 290 g/mol. The fraction of sp³-hybridized carbons (Fsp3) is 0.400. The van der Waals surface area contributed by atoms with Gasteiger partial charge in [-0.25, -0.2) is 4.79 Å². The van der Waals surface area contributed by atoms with Gasteiger partial charge in [-0.1, -0.05) is 12.1 Å². The van der Waals surface area contributed by atoms with Gasteiger partial charge in [0.2, 0.25) is 0 Å². The van der Waals surface area contributed by atoms with Crippen LogP contribution in [-0.2, 0) is 25.7 Å². The molecule has 0 radical (unpaired) electrons. The fourth-order valence-corrected chi connectivity index (χ4v) is 2.19. The third kappa shape index (κ3) is 4.21. The van der Waals surface area contributed by atoms with Crippen LogP contribution in [-0.4, -0.2) is 24.3 Å². The average Bonchev–Trinajstić information content (AvgIpc) is 2.85. The zero-order chi connectivity index (χ0) is 15.9. The molecule has 1 aromatic carbocycles. The summed E-state index contributed by atoms with van der Waals surface area (Å²) in [5.41, 5.74) is 0.975. The number of hydrogen-bond acceptors (Lipinski definition) is 7. The van der Waals surface area contributed by atoms with Crippen molar-refractivity contribution in [2.75, 3.05) is 6.61 Å². The van der Waals surface area contributed by atoms with E-state index in [0.717, 1.165) is 0 Å². The molecule has 7 nitrogen and oxygen atoms in total. The molecule has 1 aliphatic rings. The van der Waals surface area contributed by atoms with E-state index < -0.39 is 12.1 Å². The van der Waals surface area contributed by atoms with E-state index in [-0.39, 0.29) is 49.7 Å². The molecule has 0 unspecified atom stereocenters. The van der Waals surface area contributed by atoms with Gasteiger partial charge in [0.25, 0.3) is 0 Å². The van der Waals surface area contributed by atoms with Crippen LogP contribution in [0.3, 0.4) is 0 Å². The minimum atomic E-state index is -0.865. The number of carbonyl (C=O) groups is 3. The number of nitroso groups, excluding NO2 is 1. The van der Waals surface area contributed by atoms with Gasteiger partial charge in [-0.05, 0) is 29.3 Å². The molecule has 0 saturated heterocycles. The second-order valence-electron chi connectivity index (χ2n) is 4.92. The van der Waals surface area contributed by atoms with Crippen molar-refractivity contribution >= 4 is 23.4 Å². The van der Waals surface area contributed by atoms with Gasteiger partial charge >= 0.3 is 6.16 Å². The molecule has 0 spiro atoms. The lowest BCUT2D eigenvalue weighted by Gasteiger charge is -2.08. The molecule has 0 N–H and O–H groups in total. The third-order valence-electron chi connectivity index (χ3n) is 3.42. The number of nitrogens with zero attached hydrogens (tertiary/aromatic N) is 1. The molecule has 0 amide bonds. The van der Waals surface area contributed by atoms with Crippen LogP contribution in [0.25, 0.3) is 0 Å². The first-order valence-corrected chi connectivity index (χ1v) is 6.87. The summed E-state index contributed by atoms with van der Waals surface area (Å²) in [4.78, 5) is 44.4. The van der Waals surface area contributed by atoms with Gasteiger partial charge in [-0.3, -0.25) is 9.59 Å². The Morgan fingerprint density at radius 3 is 2.32 bits per heavy atom. The van der Waals surface area contributed by atoms with Crippen molar-refractivity contribution in [2.45, 2.75) is 25.9 Å². The summed E-state index contributed by atoms with van der Waals surface area (Å²) >= 11 is 0. The van der Waals surface area contributed by atoms with Crippen LogP contribution in [0.2, 0.25) is 0 Å². The lowest BCUT2D eigenvalue weighted by molar-refractivity contribution is -0.127. The summed E-state index contributed by atoms with van der Waals surface area (Å²) in [5.74, 6) is -0.826. The zero-order valence-electron chi connectivity index (χ0n) is 11.8. The zero-order valence-corrected chi connectivity index (χ0v) is 11.8. The molecule has 7 heteroatoms. The molecule has 22 heavy (non-hydrogen) atoms. The van der Waals surface area contributed by atoms with Crippen molar-refractivity contribution in [2.24, 2.45) is 11.1 Å². The van der Waals surface area contributed by atoms with E-state index in [1.165, 1.54) is 12.1 Å². The Balaban J connectivity index is 1.68. The summed E-state index contributed by atoms with van der Waals surface area (Å²) in [6.45, 7) is -0.0335. The molecule has 1 fully saturated rings. The molecule has 0 heterocycles. The Kier molecular flexibility index (Phi) is 5.35. The van der Waals surface area contributed by atoms with Crippen LogP contribution in [0, 0.1) is 10.8 Å². The number of carbonyl (C=O) groups excluding carboxylic acids is 3. The maximum atomic E-state index is 11.4. The van der Waals surface area contributed by atoms with Gasteiger partial charge in [0.15, 0.2) is 0 Å². The summed E-state index contributed by atoms with van der Waals surface area (Å²) in [7, 11) is 0. The second kappa shape index (κ2) is 7.44. The van der Waals surface area contributed by atoms with Crippen molar-refractivity contribution in [1.29, 1.82) is 0 Å². The number of Topliss-reactive ketones (excluding diaryl/α,β-unsaturated/α-hetero) is 2. The first kappa shape index (κ1) is 15.8. The van der Waals surface area contributed by atoms with Crippen molar-refractivity contribution in [3.05, 3.63) is 34.7 Å². The molecule has 0 aromatic heterocycles. The quantitative estimate of drug-likeness (QED) is 0.455. The smallest absolute Gasteiger partial charge is 0.434 e. The summed E-state index contributed by atoms with van der Waals surface area (Å²) in [6.07, 6.45) is -0.110. The van der Waals surface area contributed by atoms with E-state index in [1.54, 1.807) is 12.1 Å². The second-order valence-corrected chi connectivity index (χ2v) is 4.92. The maximum absolute atomic E-state index is 11.4. The lowest BCUT2D eigenvalue weighted by atomic mass is 10.0. The summed E-state index contributed by atoms with van der Waals surface area (Å²) < 4.78 is 9.71. The molecule has 0 aliphatic heterocycles. The van der Waals surface area contributed by atoms with E-state index >= 15 is 0 Å². The van der Waals surface area contributed by atoms with Gasteiger partial charge < -0.3 is 9.47 Å². The monoisotopic (exact) mass is 305 g/mol. The maximum Gasteiger partial charge on any atom is 0.508 e. The SMILES string of the molecule is O=Nc1ccc(COC(=O)OCCC2C(=O)CCC2=O)cc1. The largest absolute Gasteiger partial charge is 0.508 e. The van der Waals surface area contributed by atoms with Gasteiger partial charge in [0.1, 0.15) is 23.9 Å². The Labute approximate surface area is 126 Å². The molecule has 116 valence electrons. The van der Waals surface area contributed by atoms with Crippen LogP contribution in [0.15, 0.2) is 29.4 Å². The first-order valence-electron chi connectivity index (χ1n) is 6.87. The highest BCUT2D eigenvalue weighted by atomic mass is 16.7. The van der Waals surface area contributed by atoms with Crippen molar-refractivity contribution in [3.8, 4) is 0 Å².